The van der Waals surface area contributed by atoms with Crippen LogP contribution < -0.4 is 10.5 Å². The maximum Gasteiger partial charge on any atom is 0.417 e. The first-order valence-electron chi connectivity index (χ1n) is 7.80. The first-order valence-corrected chi connectivity index (χ1v) is 8.18. The molecule has 0 radical (unpaired) electrons. The van der Waals surface area contributed by atoms with E-state index in [2.05, 4.69) is 10.1 Å². The minimum atomic E-state index is -4.49. The van der Waals surface area contributed by atoms with Gasteiger partial charge in [0.1, 0.15) is 5.02 Å². The Balaban J connectivity index is 1.85. The Kier molecular flexibility index (Phi) is 4.73. The second kappa shape index (κ2) is 6.67. The van der Waals surface area contributed by atoms with Gasteiger partial charge in [0.05, 0.1) is 17.4 Å². The number of alkyl halides is 3. The highest BCUT2D eigenvalue weighted by atomic mass is 35.5. The molecular weight excluding hydrogens is 357 g/mol. The van der Waals surface area contributed by atoms with Gasteiger partial charge in [0, 0.05) is 19.8 Å². The van der Waals surface area contributed by atoms with Crippen molar-refractivity contribution >= 4 is 17.3 Å². The molecule has 25 heavy (non-hydrogen) atoms. The Bertz CT molecular complexity index is 816. The number of nitrogens with zero attached hydrogens (tertiary/aromatic N) is 4. The minimum absolute atomic E-state index is 0.0212. The standard InChI is InChI=1S/C16H16ClF3N4O/c1-23(7-6-10-2-3-10)12-9-22-24(15(25)14(12)17)13-5-4-11(8-21-13)16(18,19)20/h4-5,8-10H,2-3,6-7H2,1H3. The second-order valence-corrected chi connectivity index (χ2v) is 6.50. The summed E-state index contributed by atoms with van der Waals surface area (Å²) >= 11 is 6.16. The molecule has 0 N–H and O–H groups in total. The van der Waals surface area contributed by atoms with Crippen LogP contribution in [0.25, 0.3) is 5.82 Å². The van der Waals surface area contributed by atoms with Crippen LogP contribution >= 0.6 is 11.6 Å². The zero-order valence-corrected chi connectivity index (χ0v) is 14.2. The van der Waals surface area contributed by atoms with E-state index in [4.69, 9.17) is 11.6 Å². The molecule has 134 valence electrons. The van der Waals surface area contributed by atoms with E-state index < -0.39 is 17.3 Å². The van der Waals surface area contributed by atoms with Crippen LogP contribution in [-0.2, 0) is 6.18 Å². The average Bonchev–Trinajstić information content (AvgIpc) is 3.39. The van der Waals surface area contributed by atoms with Crippen molar-refractivity contribution in [2.75, 3.05) is 18.5 Å². The van der Waals surface area contributed by atoms with E-state index >= 15 is 0 Å². The van der Waals surface area contributed by atoms with Crippen LogP contribution in [0, 0.1) is 5.92 Å². The van der Waals surface area contributed by atoms with Gasteiger partial charge < -0.3 is 4.90 Å². The van der Waals surface area contributed by atoms with E-state index in [1.807, 2.05) is 11.9 Å². The van der Waals surface area contributed by atoms with Crippen LogP contribution in [-0.4, -0.2) is 28.4 Å². The van der Waals surface area contributed by atoms with E-state index in [1.54, 1.807) is 0 Å². The van der Waals surface area contributed by atoms with Gasteiger partial charge in [0.2, 0.25) is 0 Å². The van der Waals surface area contributed by atoms with Crippen molar-refractivity contribution in [3.63, 3.8) is 0 Å². The summed E-state index contributed by atoms with van der Waals surface area (Å²) in [5.74, 6) is 0.720. The zero-order valence-electron chi connectivity index (χ0n) is 13.4. The Morgan fingerprint density at radius 1 is 1.32 bits per heavy atom. The van der Waals surface area contributed by atoms with E-state index in [0.29, 0.717) is 11.9 Å². The number of rotatable bonds is 5. The van der Waals surface area contributed by atoms with Crippen LogP contribution in [0.2, 0.25) is 5.02 Å². The summed E-state index contributed by atoms with van der Waals surface area (Å²) in [6.07, 6.45) is 1.09. The minimum Gasteiger partial charge on any atom is -0.372 e. The molecule has 0 saturated heterocycles. The highest BCUT2D eigenvalue weighted by Crippen LogP contribution is 2.33. The van der Waals surface area contributed by atoms with E-state index in [0.717, 1.165) is 35.7 Å². The molecule has 0 bridgehead atoms. The zero-order chi connectivity index (χ0) is 18.2. The Labute approximate surface area is 147 Å². The molecule has 3 rings (SSSR count). The molecule has 1 aliphatic carbocycles. The molecule has 0 unspecified atom stereocenters. The van der Waals surface area contributed by atoms with Gasteiger partial charge in [-0.2, -0.15) is 23.0 Å². The number of halogens is 4. The van der Waals surface area contributed by atoms with Crippen LogP contribution in [0.4, 0.5) is 18.9 Å². The lowest BCUT2D eigenvalue weighted by molar-refractivity contribution is -0.137. The Morgan fingerprint density at radius 2 is 2.04 bits per heavy atom. The molecule has 0 aromatic carbocycles. The predicted molar refractivity (Wildman–Crippen MR) is 88.3 cm³/mol. The SMILES string of the molecule is CN(CCC1CC1)c1cnn(-c2ccc(C(F)(F)F)cn2)c(=O)c1Cl. The predicted octanol–water partition coefficient (Wildman–Crippen LogP) is 3.54. The van der Waals surface area contributed by atoms with Crippen LogP contribution in [0.5, 0.6) is 0 Å². The molecule has 2 aromatic heterocycles. The molecule has 0 aliphatic heterocycles. The number of pyridine rings is 1. The monoisotopic (exact) mass is 372 g/mol. The highest BCUT2D eigenvalue weighted by molar-refractivity contribution is 6.33. The summed E-state index contributed by atoms with van der Waals surface area (Å²) in [6.45, 7) is 0.758. The van der Waals surface area contributed by atoms with Crippen molar-refractivity contribution in [1.29, 1.82) is 0 Å². The van der Waals surface area contributed by atoms with Gasteiger partial charge in [-0.25, -0.2) is 4.98 Å². The van der Waals surface area contributed by atoms with Crippen molar-refractivity contribution in [2.45, 2.75) is 25.4 Å². The molecule has 2 heterocycles. The van der Waals surface area contributed by atoms with Crippen molar-refractivity contribution in [2.24, 2.45) is 5.92 Å². The summed E-state index contributed by atoms with van der Waals surface area (Å²) in [4.78, 5) is 17.9. The highest BCUT2D eigenvalue weighted by Gasteiger charge is 2.31. The van der Waals surface area contributed by atoms with Gasteiger partial charge >= 0.3 is 6.18 Å². The number of anilines is 1. The maximum absolute atomic E-state index is 12.6. The lowest BCUT2D eigenvalue weighted by Gasteiger charge is -2.20. The molecule has 1 saturated carbocycles. The van der Waals surface area contributed by atoms with Gasteiger partial charge in [-0.3, -0.25) is 4.79 Å². The third-order valence-corrected chi connectivity index (χ3v) is 4.53. The van der Waals surface area contributed by atoms with Gasteiger partial charge in [-0.05, 0) is 24.5 Å². The Morgan fingerprint density at radius 3 is 2.60 bits per heavy atom. The van der Waals surface area contributed by atoms with E-state index in [1.165, 1.54) is 19.0 Å². The summed E-state index contributed by atoms with van der Waals surface area (Å²) in [5, 5.41) is 3.97. The molecular formula is C16H16ClF3N4O. The molecule has 0 amide bonds. The first kappa shape index (κ1) is 17.7. The fraction of sp³-hybridized carbons (Fsp3) is 0.438. The summed E-state index contributed by atoms with van der Waals surface area (Å²) in [5.41, 5.74) is -1.02. The van der Waals surface area contributed by atoms with Crippen LogP contribution in [0.15, 0.2) is 29.3 Å². The molecule has 2 aromatic rings. The summed E-state index contributed by atoms with van der Waals surface area (Å²) in [7, 11) is 1.82. The number of aromatic nitrogens is 3. The topological polar surface area (TPSA) is 51.0 Å². The Hall–Kier alpha value is -2.09. The fourth-order valence-electron chi connectivity index (χ4n) is 2.44. The smallest absolute Gasteiger partial charge is 0.372 e. The van der Waals surface area contributed by atoms with Crippen LogP contribution in [0.3, 0.4) is 0 Å². The normalized spacial score (nSPS) is 14.6. The lowest BCUT2D eigenvalue weighted by Crippen LogP contribution is -2.27. The van der Waals surface area contributed by atoms with Crippen molar-refractivity contribution in [3.05, 3.63) is 45.5 Å². The number of hydrogen-bond acceptors (Lipinski definition) is 4. The number of hydrogen-bond donors (Lipinski definition) is 0. The lowest BCUT2D eigenvalue weighted by atomic mass is 10.2. The van der Waals surface area contributed by atoms with Gasteiger partial charge in [-0.1, -0.05) is 24.4 Å². The molecule has 1 aliphatic rings. The van der Waals surface area contributed by atoms with Gasteiger partial charge in [-0.15, -0.1) is 0 Å². The third kappa shape index (κ3) is 3.95. The van der Waals surface area contributed by atoms with Gasteiger partial charge in [0.25, 0.3) is 5.56 Å². The van der Waals surface area contributed by atoms with E-state index in [9.17, 15) is 18.0 Å². The molecule has 0 atom stereocenters. The van der Waals surface area contributed by atoms with Crippen molar-refractivity contribution in [3.8, 4) is 5.82 Å². The third-order valence-electron chi connectivity index (χ3n) is 4.17. The molecule has 5 nitrogen and oxygen atoms in total. The van der Waals surface area contributed by atoms with E-state index in [-0.39, 0.29) is 10.8 Å². The second-order valence-electron chi connectivity index (χ2n) is 6.12. The van der Waals surface area contributed by atoms with Crippen molar-refractivity contribution in [1.82, 2.24) is 14.8 Å². The average molecular weight is 373 g/mol. The maximum atomic E-state index is 12.6. The van der Waals surface area contributed by atoms with Crippen molar-refractivity contribution < 1.29 is 13.2 Å². The van der Waals surface area contributed by atoms with Crippen LogP contribution in [0.1, 0.15) is 24.8 Å². The fourth-order valence-corrected chi connectivity index (χ4v) is 2.71. The van der Waals surface area contributed by atoms with Gasteiger partial charge in [0.15, 0.2) is 5.82 Å². The molecule has 9 heteroatoms. The first-order chi connectivity index (χ1) is 11.8. The molecule has 0 spiro atoms. The summed E-state index contributed by atoms with van der Waals surface area (Å²) < 4.78 is 38.7. The molecule has 1 fully saturated rings. The largest absolute Gasteiger partial charge is 0.417 e. The quantitative estimate of drug-likeness (QED) is 0.805. The summed E-state index contributed by atoms with van der Waals surface area (Å²) in [6, 6.07) is 1.93.